The van der Waals surface area contributed by atoms with E-state index in [4.69, 9.17) is 9.97 Å². The molecule has 2 N–H and O–H groups in total. The van der Waals surface area contributed by atoms with E-state index in [1.807, 2.05) is 44.2 Å². The number of aromatic hydroxyl groups is 1. The van der Waals surface area contributed by atoms with Gasteiger partial charge in [0.15, 0.2) is 11.6 Å². The molecular weight excluding hydrogens is 378 g/mol. The molecule has 0 unspecified atom stereocenters. The Labute approximate surface area is 176 Å². The summed E-state index contributed by atoms with van der Waals surface area (Å²) in [4.78, 5) is 24.1. The Balaban J connectivity index is 1.70. The number of phenols is 1. The molecule has 156 valence electrons. The second kappa shape index (κ2) is 8.40. The van der Waals surface area contributed by atoms with Gasteiger partial charge in [-0.25, -0.2) is 9.97 Å². The first-order chi connectivity index (χ1) is 14.5. The number of aromatic nitrogens is 2. The molecule has 1 atom stereocenters. The summed E-state index contributed by atoms with van der Waals surface area (Å²) in [5.74, 6) is 1.30. The first-order valence-corrected chi connectivity index (χ1v) is 10.5. The van der Waals surface area contributed by atoms with E-state index in [1.54, 1.807) is 12.1 Å². The normalized spacial score (nSPS) is 16.0. The van der Waals surface area contributed by atoms with Crippen molar-refractivity contribution in [3.63, 3.8) is 0 Å². The van der Waals surface area contributed by atoms with Crippen molar-refractivity contribution < 1.29 is 15.0 Å². The van der Waals surface area contributed by atoms with E-state index in [1.165, 1.54) is 0 Å². The molecule has 2 aromatic carbocycles. The van der Waals surface area contributed by atoms with E-state index in [9.17, 15) is 15.0 Å². The minimum atomic E-state index is -0.864. The maximum Gasteiger partial charge on any atom is 0.165 e. The quantitative estimate of drug-likeness (QED) is 0.670. The fraction of sp³-hybridized carbons (Fsp3) is 0.375. The third-order valence-corrected chi connectivity index (χ3v) is 5.89. The number of aliphatic hydroxyl groups excluding tert-OH is 1. The van der Waals surface area contributed by atoms with Gasteiger partial charge in [0.2, 0.25) is 0 Å². The molecule has 0 aliphatic carbocycles. The van der Waals surface area contributed by atoms with Crippen LogP contribution < -0.4 is 4.90 Å². The highest BCUT2D eigenvalue weighted by Crippen LogP contribution is 2.33. The molecule has 1 aliphatic rings. The lowest BCUT2D eigenvalue weighted by Crippen LogP contribution is -2.39. The topological polar surface area (TPSA) is 86.5 Å². The summed E-state index contributed by atoms with van der Waals surface area (Å²) in [6.45, 7) is 5.23. The molecule has 0 amide bonds. The van der Waals surface area contributed by atoms with Gasteiger partial charge in [-0.05, 0) is 56.0 Å². The maximum atomic E-state index is 12.4. The number of phenolic OH excluding ortho intramolecular Hbond substituents is 1. The number of anilines is 1. The van der Waals surface area contributed by atoms with Gasteiger partial charge in [0.05, 0.1) is 11.1 Å². The monoisotopic (exact) mass is 405 g/mol. The van der Waals surface area contributed by atoms with Gasteiger partial charge in [0, 0.05) is 24.4 Å². The third-order valence-electron chi connectivity index (χ3n) is 5.89. The Bertz CT molecular complexity index is 1070. The molecule has 3 aromatic rings. The summed E-state index contributed by atoms with van der Waals surface area (Å²) in [5, 5.41) is 21.2. The van der Waals surface area contributed by atoms with Crippen LogP contribution in [0.1, 0.15) is 31.7 Å². The first-order valence-electron chi connectivity index (χ1n) is 10.5. The summed E-state index contributed by atoms with van der Waals surface area (Å²) >= 11 is 0. The standard InChI is InChI=1S/C24H27N3O3/c1-3-20(28)22(30)16-10-12-27(13-11-16)24-17-9-8-15(2)14-19(17)25-23(26-24)18-6-4-5-7-21(18)29/h4-9,14,16,20,28-29H,3,10-13H2,1-2H3/t20-/m0/s1. The summed E-state index contributed by atoms with van der Waals surface area (Å²) in [5.41, 5.74) is 2.53. The van der Waals surface area contributed by atoms with Gasteiger partial charge in [-0.15, -0.1) is 0 Å². The van der Waals surface area contributed by atoms with E-state index in [-0.39, 0.29) is 17.5 Å². The third kappa shape index (κ3) is 3.87. The molecule has 1 aliphatic heterocycles. The molecule has 4 rings (SSSR count). The fourth-order valence-electron chi connectivity index (χ4n) is 4.10. The van der Waals surface area contributed by atoms with Crippen molar-refractivity contribution in [2.75, 3.05) is 18.0 Å². The molecule has 0 saturated carbocycles. The second-order valence-electron chi connectivity index (χ2n) is 8.00. The first kappa shape index (κ1) is 20.3. The van der Waals surface area contributed by atoms with Crippen LogP contribution in [0.2, 0.25) is 0 Å². The Kier molecular flexibility index (Phi) is 5.68. The summed E-state index contributed by atoms with van der Waals surface area (Å²) < 4.78 is 0. The van der Waals surface area contributed by atoms with Crippen LogP contribution in [0.25, 0.3) is 22.3 Å². The lowest BCUT2D eigenvalue weighted by molar-refractivity contribution is -0.131. The van der Waals surface area contributed by atoms with Crippen molar-refractivity contribution in [2.24, 2.45) is 5.92 Å². The Morgan fingerprint density at radius 3 is 2.60 bits per heavy atom. The molecule has 1 aromatic heterocycles. The van der Waals surface area contributed by atoms with E-state index in [0.717, 1.165) is 22.3 Å². The lowest BCUT2D eigenvalue weighted by Gasteiger charge is -2.33. The summed E-state index contributed by atoms with van der Waals surface area (Å²) in [6.07, 6.45) is 0.981. The number of carbonyl (C=O) groups excluding carboxylic acids is 1. The van der Waals surface area contributed by atoms with E-state index < -0.39 is 6.10 Å². The van der Waals surface area contributed by atoms with Crippen molar-refractivity contribution in [3.8, 4) is 17.1 Å². The van der Waals surface area contributed by atoms with Gasteiger partial charge in [-0.1, -0.05) is 25.1 Å². The number of hydrogen-bond donors (Lipinski definition) is 2. The SMILES string of the molecule is CC[C@H](O)C(=O)C1CCN(c2nc(-c3ccccc3O)nc3cc(C)ccc23)CC1. The van der Waals surface area contributed by atoms with Crippen LogP contribution in [-0.2, 0) is 4.79 Å². The number of aryl methyl sites for hydroxylation is 1. The fourth-order valence-corrected chi connectivity index (χ4v) is 4.10. The van der Waals surface area contributed by atoms with Crippen LogP contribution in [0.4, 0.5) is 5.82 Å². The number of piperidine rings is 1. The smallest absolute Gasteiger partial charge is 0.165 e. The van der Waals surface area contributed by atoms with E-state index in [2.05, 4.69) is 4.90 Å². The molecule has 2 heterocycles. The molecule has 0 radical (unpaired) electrons. The van der Waals surface area contributed by atoms with Crippen molar-refractivity contribution in [1.29, 1.82) is 0 Å². The number of aliphatic hydroxyl groups is 1. The van der Waals surface area contributed by atoms with Crippen molar-refractivity contribution >= 4 is 22.5 Å². The van der Waals surface area contributed by atoms with Gasteiger partial charge in [-0.2, -0.15) is 0 Å². The average Bonchev–Trinajstić information content (AvgIpc) is 2.77. The molecule has 1 saturated heterocycles. The van der Waals surface area contributed by atoms with Crippen LogP contribution in [0.3, 0.4) is 0 Å². The zero-order valence-electron chi connectivity index (χ0n) is 17.4. The predicted molar refractivity (Wildman–Crippen MR) is 118 cm³/mol. The van der Waals surface area contributed by atoms with Crippen molar-refractivity contribution in [1.82, 2.24) is 9.97 Å². The summed E-state index contributed by atoms with van der Waals surface area (Å²) in [7, 11) is 0. The number of Topliss-reactive ketones (excluding diaryl/α,β-unsaturated/α-hetero) is 1. The molecule has 6 nitrogen and oxygen atoms in total. The highest BCUT2D eigenvalue weighted by Gasteiger charge is 2.29. The minimum Gasteiger partial charge on any atom is -0.507 e. The summed E-state index contributed by atoms with van der Waals surface area (Å²) in [6, 6.07) is 13.2. The number of hydrogen-bond acceptors (Lipinski definition) is 6. The zero-order chi connectivity index (χ0) is 21.3. The van der Waals surface area contributed by atoms with Crippen LogP contribution in [-0.4, -0.2) is 45.2 Å². The molecular formula is C24H27N3O3. The van der Waals surface area contributed by atoms with Gasteiger partial charge in [0.25, 0.3) is 0 Å². The van der Waals surface area contributed by atoms with Crippen LogP contribution >= 0.6 is 0 Å². The predicted octanol–water partition coefficient (Wildman–Crippen LogP) is 3.87. The maximum absolute atomic E-state index is 12.4. The lowest BCUT2D eigenvalue weighted by atomic mass is 9.89. The van der Waals surface area contributed by atoms with Gasteiger partial charge >= 0.3 is 0 Å². The van der Waals surface area contributed by atoms with E-state index >= 15 is 0 Å². The Hall–Kier alpha value is -2.99. The van der Waals surface area contributed by atoms with Gasteiger partial charge < -0.3 is 15.1 Å². The van der Waals surface area contributed by atoms with Crippen molar-refractivity contribution in [3.05, 3.63) is 48.0 Å². The largest absolute Gasteiger partial charge is 0.507 e. The van der Waals surface area contributed by atoms with Crippen molar-refractivity contribution in [2.45, 2.75) is 39.2 Å². The number of ketones is 1. The number of carbonyl (C=O) groups is 1. The molecule has 30 heavy (non-hydrogen) atoms. The zero-order valence-corrected chi connectivity index (χ0v) is 17.4. The highest BCUT2D eigenvalue weighted by molar-refractivity contribution is 5.92. The number of rotatable bonds is 5. The van der Waals surface area contributed by atoms with Gasteiger partial charge in [0.1, 0.15) is 17.7 Å². The molecule has 0 bridgehead atoms. The van der Waals surface area contributed by atoms with Gasteiger partial charge in [-0.3, -0.25) is 4.79 Å². The van der Waals surface area contributed by atoms with Crippen LogP contribution in [0, 0.1) is 12.8 Å². The Morgan fingerprint density at radius 2 is 1.90 bits per heavy atom. The van der Waals surface area contributed by atoms with E-state index in [0.29, 0.717) is 43.7 Å². The Morgan fingerprint density at radius 1 is 1.17 bits per heavy atom. The second-order valence-corrected chi connectivity index (χ2v) is 8.00. The molecule has 0 spiro atoms. The number of para-hydroxylation sites is 1. The van der Waals surface area contributed by atoms with Crippen LogP contribution in [0.5, 0.6) is 5.75 Å². The molecule has 6 heteroatoms. The highest BCUT2D eigenvalue weighted by atomic mass is 16.3. The number of benzene rings is 2. The average molecular weight is 405 g/mol. The number of fused-ring (bicyclic) bond motifs is 1. The minimum absolute atomic E-state index is 0.0461. The number of nitrogens with zero attached hydrogens (tertiary/aromatic N) is 3. The molecule has 1 fully saturated rings. The van der Waals surface area contributed by atoms with Crippen LogP contribution in [0.15, 0.2) is 42.5 Å².